The van der Waals surface area contributed by atoms with E-state index in [-0.39, 0.29) is 19.2 Å². The van der Waals surface area contributed by atoms with Gasteiger partial charge in [-0.2, -0.15) is 0 Å². The number of ether oxygens (including phenoxy) is 1. The Morgan fingerprint density at radius 3 is 2.22 bits per heavy atom. The molecule has 1 aliphatic carbocycles. The summed E-state index contributed by atoms with van der Waals surface area (Å²) >= 11 is 0. The first-order valence-corrected chi connectivity index (χ1v) is 15.8. The molecule has 1 aromatic carbocycles. The van der Waals surface area contributed by atoms with E-state index in [2.05, 4.69) is 60.9 Å². The Morgan fingerprint density at radius 1 is 0.978 bits per heavy atom. The Labute approximate surface area is 267 Å². The van der Waals surface area contributed by atoms with Crippen molar-refractivity contribution in [3.8, 4) is 5.75 Å². The number of aryl methyl sites for hydroxylation is 1. The second-order valence-electron chi connectivity index (χ2n) is 11.6. The van der Waals surface area contributed by atoms with Crippen molar-refractivity contribution in [2.24, 2.45) is 13.0 Å². The molecule has 0 aliphatic heterocycles. The summed E-state index contributed by atoms with van der Waals surface area (Å²) in [5.41, 5.74) is 0.297. The van der Waals surface area contributed by atoms with E-state index in [4.69, 9.17) is 4.74 Å². The Hall–Kier alpha value is -4.22. The van der Waals surface area contributed by atoms with Gasteiger partial charge in [0.05, 0.1) is 13.1 Å². The molecule has 1 aliphatic rings. The summed E-state index contributed by atoms with van der Waals surface area (Å²) in [6, 6.07) is 5.51. The molecule has 1 heterocycles. The highest BCUT2D eigenvalue weighted by Crippen LogP contribution is 2.17. The maximum Gasteiger partial charge on any atom is 0.289 e. The number of nitrogens with zero attached hydrogens (tertiary/aromatic N) is 2. The Kier molecular flexibility index (Phi) is 18.5. The molecule has 0 radical (unpaired) electrons. The lowest BCUT2D eigenvalue weighted by Gasteiger charge is -2.22. The summed E-state index contributed by atoms with van der Waals surface area (Å²) < 4.78 is 7.51. The maximum absolute atomic E-state index is 12.5. The van der Waals surface area contributed by atoms with Crippen LogP contribution in [0.4, 0.5) is 0 Å². The monoisotopic (exact) mass is 628 g/mol. The van der Waals surface area contributed by atoms with Gasteiger partial charge in [0.2, 0.25) is 17.6 Å². The number of ketones is 1. The zero-order chi connectivity index (χ0) is 33.8. The van der Waals surface area contributed by atoms with Gasteiger partial charge in [-0.3, -0.25) is 24.0 Å². The normalized spacial score (nSPS) is 13.2. The lowest BCUT2D eigenvalue weighted by molar-refractivity contribution is -0.138. The van der Waals surface area contributed by atoms with Crippen LogP contribution in [-0.4, -0.2) is 64.1 Å². The largest absolute Gasteiger partial charge is 0.486 e. The zero-order valence-electron chi connectivity index (χ0n) is 27.9. The van der Waals surface area contributed by atoms with Gasteiger partial charge in [0.15, 0.2) is 0 Å². The molecule has 250 valence electrons. The average molecular weight is 629 g/mol. The fraction of sp³-hybridized carbons (Fsp3) is 0.576. The number of nitrogens with one attached hydrogen (secondary N) is 4. The number of benzene rings is 1. The van der Waals surface area contributed by atoms with Crippen LogP contribution in [0.2, 0.25) is 0 Å². The highest BCUT2D eigenvalue weighted by molar-refractivity contribution is 6.37. The van der Waals surface area contributed by atoms with E-state index in [1.165, 1.54) is 13.3 Å². The smallest absolute Gasteiger partial charge is 0.289 e. The third kappa shape index (κ3) is 16.4. The first-order chi connectivity index (χ1) is 21.4. The molecule has 1 aromatic heterocycles. The molecular formula is C33H52N6O6. The molecule has 12 nitrogen and oxygen atoms in total. The Balaban J connectivity index is 0.00000131. The van der Waals surface area contributed by atoms with Crippen LogP contribution in [0.15, 0.2) is 36.7 Å². The van der Waals surface area contributed by atoms with Gasteiger partial charge >= 0.3 is 0 Å². The molecule has 0 bridgehead atoms. The lowest BCUT2D eigenvalue weighted by atomic mass is 9.95. The number of hydrogen-bond acceptors (Lipinski definition) is 7. The molecule has 0 saturated heterocycles. The van der Waals surface area contributed by atoms with Crippen molar-refractivity contribution >= 4 is 29.4 Å². The van der Waals surface area contributed by atoms with Gasteiger partial charge in [-0.25, -0.2) is 4.98 Å². The Morgan fingerprint density at radius 2 is 1.62 bits per heavy atom. The quantitative estimate of drug-likeness (QED) is 0.262. The summed E-state index contributed by atoms with van der Waals surface area (Å²) in [5, 5.41) is 10.00. The standard InChI is InChI=1S/C26H34N6O6.C4H10.C3H8/c1-17(24(35)28-14-21(33)26(37)31-19-8-4-3-5-9-19)30-23(34)15-29-25(36)18-7-6-10-20(13-18)38-16-22-27-11-12-32(22)2;1-4(2)3;1-3-2/h6-7,10-13,17,19H,3-5,8-9,14-16H2,1-2H3,(H,28,35)(H,29,36)(H,30,34)(H,31,37);4H,1-3H3;3H2,1-2H3. The topological polar surface area (TPSA) is 161 Å². The summed E-state index contributed by atoms with van der Waals surface area (Å²) in [4.78, 5) is 65.2. The molecule has 2 aromatic rings. The van der Waals surface area contributed by atoms with Crippen LogP contribution in [0.3, 0.4) is 0 Å². The lowest BCUT2D eigenvalue weighted by Crippen LogP contribution is -2.50. The van der Waals surface area contributed by atoms with Gasteiger partial charge in [0, 0.05) is 31.0 Å². The van der Waals surface area contributed by atoms with E-state index in [9.17, 15) is 24.0 Å². The molecule has 3 rings (SSSR count). The second kappa shape index (κ2) is 21.5. The molecule has 1 fully saturated rings. The van der Waals surface area contributed by atoms with Gasteiger partial charge in [-0.15, -0.1) is 0 Å². The van der Waals surface area contributed by atoms with Crippen LogP contribution in [0.25, 0.3) is 0 Å². The van der Waals surface area contributed by atoms with Crippen LogP contribution in [-0.2, 0) is 32.8 Å². The number of carbonyl (C=O) groups excluding carboxylic acids is 5. The molecule has 1 unspecified atom stereocenters. The third-order valence-corrected chi connectivity index (χ3v) is 6.18. The van der Waals surface area contributed by atoms with Crippen molar-refractivity contribution in [2.75, 3.05) is 13.1 Å². The number of amides is 4. The van der Waals surface area contributed by atoms with E-state index >= 15 is 0 Å². The predicted octanol–water partition coefficient (Wildman–Crippen LogP) is 3.45. The number of Topliss-reactive ketones (excluding diaryl/α,β-unsaturated/α-hetero) is 1. The third-order valence-electron chi connectivity index (χ3n) is 6.18. The summed E-state index contributed by atoms with van der Waals surface area (Å²) in [6.45, 7) is 11.6. The fourth-order valence-corrected chi connectivity index (χ4v) is 3.94. The van der Waals surface area contributed by atoms with Crippen LogP contribution in [0.1, 0.15) is 96.2 Å². The average Bonchev–Trinajstić information content (AvgIpc) is 3.42. The summed E-state index contributed by atoms with van der Waals surface area (Å²) in [6.07, 6.45) is 9.55. The second-order valence-corrected chi connectivity index (χ2v) is 11.6. The first-order valence-electron chi connectivity index (χ1n) is 15.8. The molecule has 4 amide bonds. The van der Waals surface area contributed by atoms with E-state index in [1.54, 1.807) is 36.7 Å². The van der Waals surface area contributed by atoms with Gasteiger partial charge in [-0.05, 0) is 43.9 Å². The van der Waals surface area contributed by atoms with Crippen LogP contribution < -0.4 is 26.0 Å². The minimum Gasteiger partial charge on any atom is -0.486 e. The van der Waals surface area contributed by atoms with Crippen molar-refractivity contribution in [2.45, 2.75) is 98.8 Å². The molecule has 4 N–H and O–H groups in total. The fourth-order valence-electron chi connectivity index (χ4n) is 3.94. The van der Waals surface area contributed by atoms with Gasteiger partial charge < -0.3 is 30.6 Å². The SMILES string of the molecule is CC(C)C.CC(NC(=O)CNC(=O)c1cccc(OCc2nccn2C)c1)C(=O)NCC(=O)C(=O)NC1CCCCC1.CCC. The van der Waals surface area contributed by atoms with Crippen molar-refractivity contribution in [3.63, 3.8) is 0 Å². The number of aromatic nitrogens is 2. The van der Waals surface area contributed by atoms with E-state index < -0.39 is 42.0 Å². The molecule has 0 spiro atoms. The van der Waals surface area contributed by atoms with Crippen molar-refractivity contribution in [3.05, 3.63) is 48.0 Å². The summed E-state index contributed by atoms with van der Waals surface area (Å²) in [7, 11) is 1.85. The van der Waals surface area contributed by atoms with Crippen LogP contribution in [0, 0.1) is 5.92 Å². The zero-order valence-corrected chi connectivity index (χ0v) is 27.9. The van der Waals surface area contributed by atoms with Crippen molar-refractivity contribution < 1.29 is 28.7 Å². The number of rotatable bonds is 12. The van der Waals surface area contributed by atoms with Crippen molar-refractivity contribution in [1.29, 1.82) is 0 Å². The number of hydrogen-bond donors (Lipinski definition) is 4. The van der Waals surface area contributed by atoms with Crippen LogP contribution in [0.5, 0.6) is 5.75 Å². The minimum absolute atomic E-state index is 0.00855. The van der Waals surface area contributed by atoms with Gasteiger partial charge in [0.25, 0.3) is 11.8 Å². The maximum atomic E-state index is 12.5. The first kappa shape index (κ1) is 38.8. The molecular weight excluding hydrogens is 576 g/mol. The van der Waals surface area contributed by atoms with E-state index in [0.717, 1.165) is 43.8 Å². The van der Waals surface area contributed by atoms with Crippen LogP contribution >= 0.6 is 0 Å². The van der Waals surface area contributed by atoms with Gasteiger partial charge in [-0.1, -0.05) is 66.4 Å². The number of imidazole rings is 1. The molecule has 45 heavy (non-hydrogen) atoms. The van der Waals surface area contributed by atoms with Crippen molar-refractivity contribution in [1.82, 2.24) is 30.8 Å². The summed E-state index contributed by atoms with van der Waals surface area (Å²) in [5.74, 6) is -1.15. The predicted molar refractivity (Wildman–Crippen MR) is 173 cm³/mol. The minimum atomic E-state index is -0.976. The highest BCUT2D eigenvalue weighted by atomic mass is 16.5. The van der Waals surface area contributed by atoms with E-state index in [0.29, 0.717) is 11.3 Å². The van der Waals surface area contributed by atoms with E-state index in [1.807, 2.05) is 11.6 Å². The number of carbonyl (C=O) groups is 5. The Bertz CT molecular complexity index is 1220. The van der Waals surface area contributed by atoms with Gasteiger partial charge in [0.1, 0.15) is 24.2 Å². The molecule has 12 heteroatoms. The molecule has 1 saturated carbocycles. The highest BCUT2D eigenvalue weighted by Gasteiger charge is 2.22. The molecule has 1 atom stereocenters.